The second-order valence-corrected chi connectivity index (χ2v) is 7.21. The van der Waals surface area contributed by atoms with Gasteiger partial charge in [-0.3, -0.25) is 4.79 Å². The quantitative estimate of drug-likeness (QED) is 0.840. The van der Waals surface area contributed by atoms with E-state index in [9.17, 15) is 4.79 Å². The summed E-state index contributed by atoms with van der Waals surface area (Å²) in [6.07, 6.45) is 1.30. The Kier molecular flexibility index (Phi) is 5.35. The standard InChI is InChI=1S/C17H27NO2/c1-16(2,3)12-17(4,5)20-15(19)14(18)11-13-9-7-6-8-10-13/h6-10,14H,11-12,18H2,1-5H3/t14-/m1/s1. The average molecular weight is 277 g/mol. The largest absolute Gasteiger partial charge is 0.458 e. The summed E-state index contributed by atoms with van der Waals surface area (Å²) in [6, 6.07) is 9.14. The minimum atomic E-state index is -0.614. The van der Waals surface area contributed by atoms with Crippen molar-refractivity contribution in [1.29, 1.82) is 0 Å². The summed E-state index contributed by atoms with van der Waals surface area (Å²) >= 11 is 0. The fourth-order valence-electron chi connectivity index (χ4n) is 2.61. The number of carbonyl (C=O) groups is 1. The SMILES string of the molecule is CC(C)(C)CC(C)(C)OC(=O)[C@H](N)Cc1ccccc1. The molecule has 0 radical (unpaired) electrons. The van der Waals surface area contributed by atoms with Crippen LogP contribution in [-0.2, 0) is 16.0 Å². The predicted molar refractivity (Wildman–Crippen MR) is 82.4 cm³/mol. The molecule has 3 nitrogen and oxygen atoms in total. The molecule has 1 atom stereocenters. The molecular formula is C17H27NO2. The highest BCUT2D eigenvalue weighted by Gasteiger charge is 2.30. The van der Waals surface area contributed by atoms with E-state index in [0.717, 1.165) is 12.0 Å². The summed E-state index contributed by atoms with van der Waals surface area (Å²) in [6.45, 7) is 10.3. The first-order chi connectivity index (χ1) is 9.09. The minimum Gasteiger partial charge on any atom is -0.458 e. The van der Waals surface area contributed by atoms with E-state index in [1.807, 2.05) is 44.2 Å². The number of rotatable bonds is 5. The Labute approximate surface area is 122 Å². The molecule has 1 aromatic carbocycles. The third-order valence-electron chi connectivity index (χ3n) is 2.93. The van der Waals surface area contributed by atoms with Crippen LogP contribution in [0.3, 0.4) is 0 Å². The molecule has 0 fully saturated rings. The van der Waals surface area contributed by atoms with Crippen molar-refractivity contribution in [3.63, 3.8) is 0 Å². The highest BCUT2D eigenvalue weighted by Crippen LogP contribution is 2.29. The topological polar surface area (TPSA) is 52.3 Å². The van der Waals surface area contributed by atoms with Crippen LogP contribution in [0.4, 0.5) is 0 Å². The smallest absolute Gasteiger partial charge is 0.323 e. The van der Waals surface area contributed by atoms with Crippen molar-refractivity contribution in [3.05, 3.63) is 35.9 Å². The van der Waals surface area contributed by atoms with Crippen LogP contribution in [0.5, 0.6) is 0 Å². The maximum absolute atomic E-state index is 12.1. The Bertz CT molecular complexity index is 432. The number of hydrogen-bond acceptors (Lipinski definition) is 3. The molecule has 0 aliphatic rings. The summed E-state index contributed by atoms with van der Waals surface area (Å²) in [5, 5.41) is 0. The number of carbonyl (C=O) groups excluding carboxylic acids is 1. The van der Waals surface area contributed by atoms with Crippen molar-refractivity contribution < 1.29 is 9.53 Å². The lowest BCUT2D eigenvalue weighted by molar-refractivity contribution is -0.160. The molecule has 0 unspecified atom stereocenters. The Hall–Kier alpha value is -1.35. The van der Waals surface area contributed by atoms with Crippen LogP contribution in [0.15, 0.2) is 30.3 Å². The maximum atomic E-state index is 12.1. The van der Waals surface area contributed by atoms with Crippen molar-refractivity contribution in [2.24, 2.45) is 11.1 Å². The van der Waals surface area contributed by atoms with Crippen molar-refractivity contribution in [1.82, 2.24) is 0 Å². The van der Waals surface area contributed by atoms with Crippen molar-refractivity contribution in [3.8, 4) is 0 Å². The summed E-state index contributed by atoms with van der Waals surface area (Å²) in [7, 11) is 0. The fraction of sp³-hybridized carbons (Fsp3) is 0.588. The first kappa shape index (κ1) is 16.7. The van der Waals surface area contributed by atoms with Crippen LogP contribution in [0.1, 0.15) is 46.6 Å². The molecule has 0 saturated carbocycles. The average Bonchev–Trinajstić information content (AvgIpc) is 2.26. The van der Waals surface area contributed by atoms with E-state index >= 15 is 0 Å². The normalized spacial score (nSPS) is 13.9. The summed E-state index contributed by atoms with van der Waals surface area (Å²) in [4.78, 5) is 12.1. The van der Waals surface area contributed by atoms with E-state index in [4.69, 9.17) is 10.5 Å². The third kappa shape index (κ3) is 6.20. The lowest BCUT2D eigenvalue weighted by Gasteiger charge is -2.33. The van der Waals surface area contributed by atoms with Gasteiger partial charge in [0.05, 0.1) is 0 Å². The molecule has 0 amide bonds. The van der Waals surface area contributed by atoms with E-state index in [-0.39, 0.29) is 11.4 Å². The van der Waals surface area contributed by atoms with Crippen molar-refractivity contribution >= 4 is 5.97 Å². The van der Waals surface area contributed by atoms with E-state index in [1.54, 1.807) is 0 Å². The molecule has 0 saturated heterocycles. The molecule has 0 spiro atoms. The molecule has 0 aromatic heterocycles. The summed E-state index contributed by atoms with van der Waals surface area (Å²) in [5.41, 5.74) is 6.60. The first-order valence-electron chi connectivity index (χ1n) is 7.11. The molecular weight excluding hydrogens is 250 g/mol. The Balaban J connectivity index is 2.57. The van der Waals surface area contributed by atoms with E-state index in [0.29, 0.717) is 6.42 Å². The number of ether oxygens (including phenoxy) is 1. The van der Waals surface area contributed by atoms with Gasteiger partial charge in [-0.05, 0) is 37.7 Å². The minimum absolute atomic E-state index is 0.104. The number of benzene rings is 1. The molecule has 0 aliphatic heterocycles. The van der Waals surface area contributed by atoms with Crippen LogP contribution in [-0.4, -0.2) is 17.6 Å². The van der Waals surface area contributed by atoms with Crippen molar-refractivity contribution in [2.45, 2.75) is 59.1 Å². The number of hydrogen-bond donors (Lipinski definition) is 1. The van der Waals surface area contributed by atoms with E-state index < -0.39 is 11.6 Å². The van der Waals surface area contributed by atoms with Gasteiger partial charge in [0.2, 0.25) is 0 Å². The van der Waals surface area contributed by atoms with Gasteiger partial charge in [-0.1, -0.05) is 51.1 Å². The van der Waals surface area contributed by atoms with Gasteiger partial charge in [0.15, 0.2) is 0 Å². The van der Waals surface area contributed by atoms with Gasteiger partial charge in [0, 0.05) is 0 Å². The van der Waals surface area contributed by atoms with Gasteiger partial charge in [-0.25, -0.2) is 0 Å². The second kappa shape index (κ2) is 6.40. The molecule has 0 aliphatic carbocycles. The van der Waals surface area contributed by atoms with Gasteiger partial charge < -0.3 is 10.5 Å². The molecule has 0 bridgehead atoms. The predicted octanol–water partition coefficient (Wildman–Crippen LogP) is 3.31. The zero-order chi connectivity index (χ0) is 15.4. The number of nitrogens with two attached hydrogens (primary N) is 1. The monoisotopic (exact) mass is 277 g/mol. The summed E-state index contributed by atoms with van der Waals surface area (Å²) in [5.74, 6) is -0.330. The Morgan fingerprint density at radius 1 is 1.15 bits per heavy atom. The molecule has 0 heterocycles. The van der Waals surface area contributed by atoms with E-state index in [1.165, 1.54) is 0 Å². The van der Waals surface area contributed by atoms with Gasteiger partial charge in [-0.15, -0.1) is 0 Å². The Morgan fingerprint density at radius 2 is 1.70 bits per heavy atom. The fourth-order valence-corrected chi connectivity index (χ4v) is 2.61. The van der Waals surface area contributed by atoms with Gasteiger partial charge >= 0.3 is 5.97 Å². The molecule has 1 rings (SSSR count). The molecule has 1 aromatic rings. The summed E-state index contributed by atoms with van der Waals surface area (Å²) < 4.78 is 5.58. The van der Waals surface area contributed by atoms with Crippen LogP contribution in [0.2, 0.25) is 0 Å². The Morgan fingerprint density at radius 3 is 2.20 bits per heavy atom. The molecule has 20 heavy (non-hydrogen) atoms. The molecule has 3 heteroatoms. The first-order valence-corrected chi connectivity index (χ1v) is 7.11. The lowest BCUT2D eigenvalue weighted by Crippen LogP contribution is -2.41. The van der Waals surface area contributed by atoms with Crippen LogP contribution < -0.4 is 5.73 Å². The second-order valence-electron chi connectivity index (χ2n) is 7.21. The van der Waals surface area contributed by atoms with Gasteiger partial charge in [0.1, 0.15) is 11.6 Å². The maximum Gasteiger partial charge on any atom is 0.323 e. The van der Waals surface area contributed by atoms with Gasteiger partial charge in [-0.2, -0.15) is 0 Å². The third-order valence-corrected chi connectivity index (χ3v) is 2.93. The van der Waals surface area contributed by atoms with E-state index in [2.05, 4.69) is 20.8 Å². The zero-order valence-electron chi connectivity index (χ0n) is 13.3. The molecule has 2 N–H and O–H groups in total. The highest BCUT2D eigenvalue weighted by molar-refractivity contribution is 5.76. The lowest BCUT2D eigenvalue weighted by atomic mass is 9.83. The van der Waals surface area contributed by atoms with Crippen LogP contribution in [0, 0.1) is 5.41 Å². The van der Waals surface area contributed by atoms with Crippen LogP contribution >= 0.6 is 0 Å². The van der Waals surface area contributed by atoms with Crippen molar-refractivity contribution in [2.75, 3.05) is 0 Å². The zero-order valence-corrected chi connectivity index (χ0v) is 13.3. The van der Waals surface area contributed by atoms with Gasteiger partial charge in [0.25, 0.3) is 0 Å². The number of esters is 1. The van der Waals surface area contributed by atoms with Crippen LogP contribution in [0.25, 0.3) is 0 Å². The molecule has 112 valence electrons. The highest BCUT2D eigenvalue weighted by atomic mass is 16.6.